The first-order valence-electron chi connectivity index (χ1n) is 9.33. The zero-order chi connectivity index (χ0) is 21.8. The average molecular weight is 402 g/mol. The molecule has 1 aromatic carbocycles. The largest absolute Gasteiger partial charge is 0.493 e. The van der Waals surface area contributed by atoms with Gasteiger partial charge in [-0.1, -0.05) is 0 Å². The van der Waals surface area contributed by atoms with Gasteiger partial charge in [-0.25, -0.2) is 4.98 Å². The summed E-state index contributed by atoms with van der Waals surface area (Å²) in [5, 5.41) is 9.63. The van der Waals surface area contributed by atoms with Crippen molar-refractivity contribution in [3.63, 3.8) is 0 Å². The van der Waals surface area contributed by atoms with Crippen LogP contribution in [0, 0.1) is 11.3 Å². The van der Waals surface area contributed by atoms with Gasteiger partial charge < -0.3 is 24.3 Å². The number of fused-ring (bicyclic) bond motifs is 1. The maximum atomic E-state index is 12.6. The van der Waals surface area contributed by atoms with E-state index in [2.05, 4.69) is 16.0 Å². The molecule has 2 N–H and O–H groups in total. The van der Waals surface area contributed by atoms with Gasteiger partial charge in [0.2, 0.25) is 0 Å². The number of hydrogen-bond donors (Lipinski definition) is 2. The Morgan fingerprint density at radius 1 is 1.31 bits per heavy atom. The Hall–Kier alpha value is -3.12. The Labute approximate surface area is 169 Å². The fourth-order valence-corrected chi connectivity index (χ4v) is 2.87. The first-order chi connectivity index (χ1) is 13.7. The van der Waals surface area contributed by atoms with E-state index in [1.807, 2.05) is 6.92 Å². The number of carbonyl (C=O) groups is 1. The minimum atomic E-state index is -0.888. The number of rotatable bonds is 8. The number of nitrogens with zero attached hydrogens (tertiary/aromatic N) is 3. The predicted octanol–water partition coefficient (Wildman–Crippen LogP) is 0.106. The van der Waals surface area contributed by atoms with Crippen molar-refractivity contribution in [2.45, 2.75) is 32.9 Å². The molecule has 0 spiro atoms. The van der Waals surface area contributed by atoms with Crippen LogP contribution >= 0.6 is 0 Å². The van der Waals surface area contributed by atoms with Crippen LogP contribution in [0.25, 0.3) is 10.9 Å². The van der Waals surface area contributed by atoms with Crippen LogP contribution in [0.15, 0.2) is 16.9 Å². The highest BCUT2D eigenvalue weighted by molar-refractivity contribution is 5.81. The fourth-order valence-electron chi connectivity index (χ4n) is 2.87. The number of ether oxygens (including phenoxy) is 2. The molecule has 2 aromatic rings. The summed E-state index contributed by atoms with van der Waals surface area (Å²) in [4.78, 5) is 34.8. The molecule has 1 unspecified atom stereocenters. The molecule has 1 heterocycles. The van der Waals surface area contributed by atoms with Crippen molar-refractivity contribution in [3.05, 3.63) is 28.3 Å². The third-order valence-electron chi connectivity index (χ3n) is 5.06. The maximum absolute atomic E-state index is 12.6. The molecule has 0 aliphatic carbocycles. The Morgan fingerprint density at radius 2 is 1.93 bits per heavy atom. The molecule has 0 saturated carbocycles. The third kappa shape index (κ3) is 4.84. The molecule has 0 aliphatic rings. The number of aromatic nitrogens is 2. The van der Waals surface area contributed by atoms with E-state index in [0.717, 1.165) is 4.90 Å². The van der Waals surface area contributed by atoms with Gasteiger partial charge in [0.05, 0.1) is 37.7 Å². The number of likely N-dealkylation sites (N-methyl/N-ethyl adjacent to an activating group) is 2. The van der Waals surface area contributed by atoms with Gasteiger partial charge in [-0.3, -0.25) is 9.59 Å². The number of aromatic amines is 1. The van der Waals surface area contributed by atoms with Crippen molar-refractivity contribution in [2.24, 2.45) is 0 Å². The highest BCUT2D eigenvalue weighted by Crippen LogP contribution is 2.29. The van der Waals surface area contributed by atoms with E-state index in [-0.39, 0.29) is 18.0 Å². The number of amides is 1. The van der Waals surface area contributed by atoms with Gasteiger partial charge in [0, 0.05) is 13.1 Å². The molecule has 9 heteroatoms. The second-order valence-electron chi connectivity index (χ2n) is 7.32. The molecule has 2 rings (SSSR count). The SMILES string of the molecule is CC[NH+](CC(=O)N(C)C(C)(C)C#N)Cc1nc2cc(OC)c(OC)cc2c(=O)[nH]1. The van der Waals surface area contributed by atoms with Crippen molar-refractivity contribution in [1.82, 2.24) is 14.9 Å². The normalized spacial score (nSPS) is 12.3. The molecule has 0 aliphatic heterocycles. The van der Waals surface area contributed by atoms with E-state index >= 15 is 0 Å². The molecule has 0 saturated heterocycles. The van der Waals surface area contributed by atoms with Crippen LogP contribution in [0.2, 0.25) is 0 Å². The summed E-state index contributed by atoms with van der Waals surface area (Å²) in [5.41, 5.74) is -0.678. The van der Waals surface area contributed by atoms with E-state index < -0.39 is 5.54 Å². The molecule has 0 radical (unpaired) electrons. The maximum Gasteiger partial charge on any atom is 0.278 e. The van der Waals surface area contributed by atoms with Crippen LogP contribution in [0.4, 0.5) is 0 Å². The first-order valence-corrected chi connectivity index (χ1v) is 9.33. The summed E-state index contributed by atoms with van der Waals surface area (Å²) >= 11 is 0. The summed E-state index contributed by atoms with van der Waals surface area (Å²) in [6.45, 7) is 6.54. The molecule has 29 heavy (non-hydrogen) atoms. The second kappa shape index (κ2) is 8.92. The zero-order valence-corrected chi connectivity index (χ0v) is 17.8. The van der Waals surface area contributed by atoms with Crippen molar-refractivity contribution < 1.29 is 19.2 Å². The molecule has 1 amide bonds. The summed E-state index contributed by atoms with van der Waals surface area (Å²) in [6, 6.07) is 5.38. The topological polar surface area (TPSA) is 113 Å². The zero-order valence-electron chi connectivity index (χ0n) is 17.8. The van der Waals surface area contributed by atoms with E-state index in [0.29, 0.717) is 41.3 Å². The van der Waals surface area contributed by atoms with Crippen LogP contribution in [-0.4, -0.2) is 60.7 Å². The Kier molecular flexibility index (Phi) is 6.82. The monoisotopic (exact) mass is 402 g/mol. The lowest BCUT2D eigenvalue weighted by atomic mass is 10.1. The van der Waals surface area contributed by atoms with Crippen LogP contribution in [0.5, 0.6) is 11.5 Å². The van der Waals surface area contributed by atoms with Crippen molar-refractivity contribution in [2.75, 3.05) is 34.4 Å². The van der Waals surface area contributed by atoms with Crippen LogP contribution in [0.1, 0.15) is 26.6 Å². The van der Waals surface area contributed by atoms with Gasteiger partial charge in [0.25, 0.3) is 11.5 Å². The van der Waals surface area contributed by atoms with Crippen molar-refractivity contribution >= 4 is 16.8 Å². The van der Waals surface area contributed by atoms with E-state index in [1.165, 1.54) is 19.1 Å². The molecule has 1 atom stereocenters. The van der Waals surface area contributed by atoms with Crippen LogP contribution in [-0.2, 0) is 11.3 Å². The summed E-state index contributed by atoms with van der Waals surface area (Å²) in [5.74, 6) is 1.26. The summed E-state index contributed by atoms with van der Waals surface area (Å²) in [7, 11) is 4.64. The Morgan fingerprint density at radius 3 is 2.48 bits per heavy atom. The number of carbonyl (C=O) groups excluding carboxylic acids is 1. The number of quaternary nitrogens is 1. The number of methoxy groups -OCH3 is 2. The Balaban J connectivity index is 2.28. The molecular weight excluding hydrogens is 374 g/mol. The lowest BCUT2D eigenvalue weighted by molar-refractivity contribution is -0.905. The predicted molar refractivity (Wildman–Crippen MR) is 108 cm³/mol. The summed E-state index contributed by atoms with van der Waals surface area (Å²) < 4.78 is 10.5. The number of nitrogens with one attached hydrogen (secondary N) is 2. The quantitative estimate of drug-likeness (QED) is 0.648. The number of hydrogen-bond acceptors (Lipinski definition) is 6. The van der Waals surface area contributed by atoms with Crippen LogP contribution in [0.3, 0.4) is 0 Å². The van der Waals surface area contributed by atoms with Gasteiger partial charge in [-0.2, -0.15) is 5.26 Å². The highest BCUT2D eigenvalue weighted by Gasteiger charge is 2.29. The van der Waals surface area contributed by atoms with Gasteiger partial charge >= 0.3 is 0 Å². The smallest absolute Gasteiger partial charge is 0.278 e. The van der Waals surface area contributed by atoms with E-state index in [9.17, 15) is 14.9 Å². The van der Waals surface area contributed by atoms with Gasteiger partial charge in [0.15, 0.2) is 23.9 Å². The molecule has 0 bridgehead atoms. The highest BCUT2D eigenvalue weighted by atomic mass is 16.5. The number of H-pyrrole nitrogens is 1. The van der Waals surface area contributed by atoms with Gasteiger partial charge in [0.1, 0.15) is 12.1 Å². The minimum Gasteiger partial charge on any atom is -0.493 e. The standard InChI is InChI=1S/C20H27N5O4/c1-7-25(11-18(26)24(4)20(2,3)12-21)10-17-22-14-9-16(29-6)15(28-5)8-13(14)19(27)23-17/h8-9H,7,10-11H2,1-6H3,(H,22,23,27)/p+1. The number of nitriles is 1. The number of benzene rings is 1. The average Bonchev–Trinajstić information content (AvgIpc) is 2.71. The van der Waals surface area contributed by atoms with Gasteiger partial charge in [-0.05, 0) is 26.8 Å². The first kappa shape index (κ1) is 22.2. The van der Waals surface area contributed by atoms with Gasteiger partial charge in [-0.15, -0.1) is 0 Å². The van der Waals surface area contributed by atoms with E-state index in [1.54, 1.807) is 33.0 Å². The molecular formula is C20H28N5O4+. The minimum absolute atomic E-state index is 0.150. The second-order valence-corrected chi connectivity index (χ2v) is 7.32. The molecule has 9 nitrogen and oxygen atoms in total. The molecule has 0 fully saturated rings. The van der Waals surface area contributed by atoms with E-state index in [4.69, 9.17) is 9.47 Å². The molecule has 1 aromatic heterocycles. The summed E-state index contributed by atoms with van der Waals surface area (Å²) in [6.07, 6.45) is 0. The third-order valence-corrected chi connectivity index (χ3v) is 5.06. The van der Waals surface area contributed by atoms with Crippen LogP contribution < -0.4 is 19.9 Å². The fraction of sp³-hybridized carbons (Fsp3) is 0.500. The van der Waals surface area contributed by atoms with Crippen molar-refractivity contribution in [1.29, 1.82) is 5.26 Å². The Bertz CT molecular complexity index is 993. The van der Waals surface area contributed by atoms with Crippen molar-refractivity contribution in [3.8, 4) is 17.6 Å². The lowest BCUT2D eigenvalue weighted by Gasteiger charge is -2.30. The molecule has 156 valence electrons. The lowest BCUT2D eigenvalue weighted by Crippen LogP contribution is -3.11.